The van der Waals surface area contributed by atoms with Crippen LogP contribution in [-0.4, -0.2) is 13.1 Å². The van der Waals surface area contributed by atoms with Crippen LogP contribution in [0.3, 0.4) is 0 Å². The molecule has 0 saturated heterocycles. The zero-order valence-corrected chi connectivity index (χ0v) is 11.8. The highest BCUT2D eigenvalue weighted by Crippen LogP contribution is 2.21. The van der Waals surface area contributed by atoms with Crippen LogP contribution in [0.1, 0.15) is 31.4 Å². The molecule has 19 heavy (non-hydrogen) atoms. The molecule has 3 heteroatoms. The van der Waals surface area contributed by atoms with E-state index in [2.05, 4.69) is 24.8 Å². The summed E-state index contributed by atoms with van der Waals surface area (Å²) in [6.45, 7) is 8.32. The number of allylic oxidation sites excluding steroid dienone is 1. The highest BCUT2D eigenvalue weighted by molar-refractivity contribution is 5.66. The summed E-state index contributed by atoms with van der Waals surface area (Å²) < 4.78 is 0. The third-order valence-electron chi connectivity index (χ3n) is 3.03. The summed E-state index contributed by atoms with van der Waals surface area (Å²) >= 11 is 0. The van der Waals surface area contributed by atoms with Crippen LogP contribution in [0.4, 0.5) is 5.69 Å². The van der Waals surface area contributed by atoms with Gasteiger partial charge in [0.25, 0.3) is 0 Å². The topological polar surface area (TPSA) is 50.8 Å². The van der Waals surface area contributed by atoms with Crippen molar-refractivity contribution >= 4 is 11.8 Å². The maximum absolute atomic E-state index is 8.78. The van der Waals surface area contributed by atoms with E-state index >= 15 is 0 Å². The summed E-state index contributed by atoms with van der Waals surface area (Å²) in [5.41, 5.74) is 3.33. The highest BCUT2D eigenvalue weighted by Gasteiger charge is 2.05. The number of anilines is 1. The van der Waals surface area contributed by atoms with Crippen molar-refractivity contribution in [2.24, 2.45) is 0 Å². The van der Waals surface area contributed by atoms with Crippen LogP contribution in [0.15, 0.2) is 23.8 Å². The second-order valence-electron chi connectivity index (χ2n) is 4.40. The van der Waals surface area contributed by atoms with Gasteiger partial charge in [0, 0.05) is 18.8 Å². The van der Waals surface area contributed by atoms with Gasteiger partial charge in [0.1, 0.15) is 17.7 Å². The van der Waals surface area contributed by atoms with Crippen molar-refractivity contribution in [1.82, 2.24) is 0 Å². The number of benzene rings is 1. The van der Waals surface area contributed by atoms with Crippen molar-refractivity contribution in [1.29, 1.82) is 10.5 Å². The lowest BCUT2D eigenvalue weighted by Crippen LogP contribution is -2.23. The molecule has 1 aromatic carbocycles. The fraction of sp³-hybridized carbons (Fsp3) is 0.375. The van der Waals surface area contributed by atoms with Crippen LogP contribution in [0, 0.1) is 29.6 Å². The first-order valence-electron chi connectivity index (χ1n) is 6.53. The molecule has 1 rings (SSSR count). The Labute approximate surface area is 115 Å². The summed E-state index contributed by atoms with van der Waals surface area (Å²) in [4.78, 5) is 2.32. The summed E-state index contributed by atoms with van der Waals surface area (Å²) in [5.74, 6) is 0. The molecule has 0 atom stereocenters. The largest absolute Gasteiger partial charge is 0.372 e. The lowest BCUT2D eigenvalue weighted by molar-refractivity contribution is 0.791. The second kappa shape index (κ2) is 7.24. The van der Waals surface area contributed by atoms with E-state index in [1.807, 2.05) is 31.2 Å². The van der Waals surface area contributed by atoms with Crippen LogP contribution < -0.4 is 4.90 Å². The molecule has 98 valence electrons. The van der Waals surface area contributed by atoms with Crippen LogP contribution >= 0.6 is 0 Å². The van der Waals surface area contributed by atoms with Crippen molar-refractivity contribution in [3.05, 3.63) is 34.9 Å². The molecule has 0 aliphatic carbocycles. The van der Waals surface area contributed by atoms with E-state index in [1.165, 1.54) is 5.69 Å². The Hall–Kier alpha value is -2.26. The van der Waals surface area contributed by atoms with Gasteiger partial charge in [-0.15, -0.1) is 0 Å². The first kappa shape index (κ1) is 14.8. The second-order valence-corrected chi connectivity index (χ2v) is 4.40. The SMILES string of the molecule is CCCN(CC)c1ccc(C=C(C#N)C#N)c(C)c1. The molecule has 0 heterocycles. The average molecular weight is 253 g/mol. The van der Waals surface area contributed by atoms with Gasteiger partial charge in [-0.05, 0) is 49.6 Å². The molecule has 3 nitrogen and oxygen atoms in total. The molecule has 0 aliphatic heterocycles. The van der Waals surface area contributed by atoms with Crippen molar-refractivity contribution < 1.29 is 0 Å². The molecule has 0 unspecified atom stereocenters. The zero-order valence-electron chi connectivity index (χ0n) is 11.8. The van der Waals surface area contributed by atoms with Gasteiger partial charge in [-0.1, -0.05) is 13.0 Å². The molecular formula is C16H19N3. The first-order chi connectivity index (χ1) is 9.15. The van der Waals surface area contributed by atoms with Gasteiger partial charge in [0.2, 0.25) is 0 Å². The van der Waals surface area contributed by atoms with Crippen LogP contribution in [0.5, 0.6) is 0 Å². The maximum atomic E-state index is 8.78. The minimum atomic E-state index is 0.136. The Balaban J connectivity index is 3.08. The van der Waals surface area contributed by atoms with Crippen molar-refractivity contribution in [3.63, 3.8) is 0 Å². The molecule has 0 spiro atoms. The number of rotatable bonds is 5. The predicted molar refractivity (Wildman–Crippen MR) is 78.6 cm³/mol. The van der Waals surface area contributed by atoms with Crippen LogP contribution in [0.25, 0.3) is 6.08 Å². The number of nitriles is 2. The van der Waals surface area contributed by atoms with Gasteiger partial charge in [-0.25, -0.2) is 0 Å². The average Bonchev–Trinajstić information content (AvgIpc) is 2.43. The van der Waals surface area contributed by atoms with Gasteiger partial charge < -0.3 is 4.90 Å². The van der Waals surface area contributed by atoms with Gasteiger partial charge in [-0.2, -0.15) is 10.5 Å². The lowest BCUT2D eigenvalue weighted by Gasteiger charge is -2.23. The predicted octanol–water partition coefficient (Wildman–Crippen LogP) is 3.66. The van der Waals surface area contributed by atoms with Gasteiger partial charge in [0.15, 0.2) is 0 Å². The molecule has 0 aliphatic rings. The van der Waals surface area contributed by atoms with E-state index < -0.39 is 0 Å². The summed E-state index contributed by atoms with van der Waals surface area (Å²) in [6.07, 6.45) is 2.75. The third-order valence-corrected chi connectivity index (χ3v) is 3.03. The molecule has 0 amide bonds. The summed E-state index contributed by atoms with van der Waals surface area (Å²) in [6, 6.07) is 9.90. The number of hydrogen-bond donors (Lipinski definition) is 0. The quantitative estimate of drug-likeness (QED) is 0.752. The van der Waals surface area contributed by atoms with Gasteiger partial charge in [0.05, 0.1) is 0 Å². The molecule has 0 fully saturated rings. The van der Waals surface area contributed by atoms with Crippen LogP contribution in [0.2, 0.25) is 0 Å². The highest BCUT2D eigenvalue weighted by atomic mass is 15.1. The Morgan fingerprint density at radius 3 is 2.42 bits per heavy atom. The normalized spacial score (nSPS) is 9.32. The molecule has 1 aromatic rings. The molecular weight excluding hydrogens is 234 g/mol. The maximum Gasteiger partial charge on any atom is 0.130 e. The lowest BCUT2D eigenvalue weighted by atomic mass is 10.0. The summed E-state index contributed by atoms with van der Waals surface area (Å²) in [5, 5.41) is 17.6. The van der Waals surface area contributed by atoms with Gasteiger partial charge >= 0.3 is 0 Å². The number of aryl methyl sites for hydroxylation is 1. The first-order valence-corrected chi connectivity index (χ1v) is 6.53. The van der Waals surface area contributed by atoms with Crippen molar-refractivity contribution in [3.8, 4) is 12.1 Å². The van der Waals surface area contributed by atoms with E-state index in [0.29, 0.717) is 0 Å². The Bertz CT molecular complexity index is 528. The Morgan fingerprint density at radius 2 is 1.95 bits per heavy atom. The van der Waals surface area contributed by atoms with Crippen LogP contribution in [-0.2, 0) is 0 Å². The molecule has 0 bridgehead atoms. The Morgan fingerprint density at radius 1 is 1.26 bits per heavy atom. The van der Waals surface area contributed by atoms with E-state index in [9.17, 15) is 0 Å². The number of nitrogens with zero attached hydrogens (tertiary/aromatic N) is 3. The fourth-order valence-corrected chi connectivity index (χ4v) is 2.00. The number of hydrogen-bond acceptors (Lipinski definition) is 3. The molecule has 0 saturated carbocycles. The van der Waals surface area contributed by atoms with Crippen molar-refractivity contribution in [2.45, 2.75) is 27.2 Å². The van der Waals surface area contributed by atoms with Crippen molar-refractivity contribution in [2.75, 3.05) is 18.0 Å². The standard InChI is InChI=1S/C16H19N3/c1-4-8-19(5-2)16-7-6-15(13(3)9-16)10-14(11-17)12-18/h6-7,9-10H,4-5,8H2,1-3H3. The van der Waals surface area contributed by atoms with E-state index in [1.54, 1.807) is 6.08 Å². The molecule has 0 radical (unpaired) electrons. The summed E-state index contributed by atoms with van der Waals surface area (Å²) in [7, 11) is 0. The monoisotopic (exact) mass is 253 g/mol. The minimum Gasteiger partial charge on any atom is -0.372 e. The minimum absolute atomic E-state index is 0.136. The molecule has 0 N–H and O–H groups in total. The smallest absolute Gasteiger partial charge is 0.130 e. The van der Waals surface area contributed by atoms with E-state index in [4.69, 9.17) is 10.5 Å². The van der Waals surface area contributed by atoms with E-state index in [0.717, 1.165) is 30.6 Å². The third kappa shape index (κ3) is 3.86. The Kier molecular flexibility index (Phi) is 5.64. The molecule has 0 aromatic heterocycles. The van der Waals surface area contributed by atoms with Gasteiger partial charge in [-0.3, -0.25) is 0 Å². The zero-order chi connectivity index (χ0) is 14.3. The fourth-order valence-electron chi connectivity index (χ4n) is 2.00. The van der Waals surface area contributed by atoms with E-state index in [-0.39, 0.29) is 5.57 Å².